The zero-order chi connectivity index (χ0) is 12.6. The molecule has 1 saturated carbocycles. The molecule has 1 nitrogen and oxygen atoms in total. The number of halogens is 2. The normalized spacial score (nSPS) is 23.0. The molecule has 3 rings (SSSR count). The van der Waals surface area contributed by atoms with Crippen LogP contribution >= 0.6 is 15.9 Å². The molecule has 2 aliphatic rings. The quantitative estimate of drug-likeness (QED) is 0.892. The van der Waals surface area contributed by atoms with E-state index in [1.165, 1.54) is 31.2 Å². The van der Waals surface area contributed by atoms with Crippen molar-refractivity contribution in [2.75, 3.05) is 13.1 Å². The number of benzene rings is 1. The highest BCUT2D eigenvalue weighted by Crippen LogP contribution is 2.45. The summed E-state index contributed by atoms with van der Waals surface area (Å²) >= 11 is 3.29. The molecule has 2 fully saturated rings. The molecule has 1 saturated heterocycles. The van der Waals surface area contributed by atoms with Crippen molar-refractivity contribution in [3.8, 4) is 0 Å². The summed E-state index contributed by atoms with van der Waals surface area (Å²) in [6.45, 7) is 2.26. The third-order valence-corrected chi connectivity index (χ3v) is 5.32. The lowest BCUT2D eigenvalue weighted by Crippen LogP contribution is -2.58. The summed E-state index contributed by atoms with van der Waals surface area (Å²) in [5.74, 6) is 0.697. The van der Waals surface area contributed by atoms with Crippen molar-refractivity contribution in [2.45, 2.75) is 32.1 Å². The third-order valence-electron chi connectivity index (χ3n) is 4.72. The van der Waals surface area contributed by atoms with E-state index < -0.39 is 0 Å². The van der Waals surface area contributed by atoms with Crippen molar-refractivity contribution in [3.05, 3.63) is 34.1 Å². The molecule has 0 aromatic heterocycles. The average molecular weight is 312 g/mol. The van der Waals surface area contributed by atoms with E-state index in [2.05, 4.69) is 21.2 Å². The highest BCUT2D eigenvalue weighted by molar-refractivity contribution is 9.10. The predicted molar refractivity (Wildman–Crippen MR) is 75.1 cm³/mol. The Morgan fingerprint density at radius 3 is 2.56 bits per heavy atom. The van der Waals surface area contributed by atoms with Gasteiger partial charge in [0.2, 0.25) is 0 Å². The van der Waals surface area contributed by atoms with Gasteiger partial charge in [-0.3, -0.25) is 0 Å². The van der Waals surface area contributed by atoms with Crippen LogP contribution in [0, 0.1) is 17.2 Å². The van der Waals surface area contributed by atoms with Crippen LogP contribution in [0.2, 0.25) is 0 Å². The van der Waals surface area contributed by atoms with E-state index in [1.807, 2.05) is 12.1 Å². The van der Waals surface area contributed by atoms with Crippen molar-refractivity contribution in [2.24, 2.45) is 11.3 Å². The molecule has 1 aliphatic heterocycles. The summed E-state index contributed by atoms with van der Waals surface area (Å²) in [4.78, 5) is 0. The molecule has 98 valence electrons. The Labute approximate surface area is 116 Å². The Morgan fingerprint density at radius 1 is 1.28 bits per heavy atom. The molecule has 0 atom stereocenters. The zero-order valence-corrected chi connectivity index (χ0v) is 12.1. The van der Waals surface area contributed by atoms with Crippen molar-refractivity contribution in [1.82, 2.24) is 5.32 Å². The minimum atomic E-state index is -0.166. The predicted octanol–water partition coefficient (Wildman–Crippen LogP) is 3.91. The fraction of sp³-hybridized carbons (Fsp3) is 0.600. The fourth-order valence-corrected chi connectivity index (χ4v) is 4.02. The van der Waals surface area contributed by atoms with Gasteiger partial charge in [-0.2, -0.15) is 0 Å². The lowest BCUT2D eigenvalue weighted by atomic mass is 9.66. The zero-order valence-electron chi connectivity index (χ0n) is 10.5. The number of hydrogen-bond donors (Lipinski definition) is 1. The molecular weight excluding hydrogens is 293 g/mol. The molecule has 0 unspecified atom stereocenters. The second-order valence-electron chi connectivity index (χ2n) is 5.87. The van der Waals surface area contributed by atoms with Crippen molar-refractivity contribution in [1.29, 1.82) is 0 Å². The second kappa shape index (κ2) is 4.93. The minimum absolute atomic E-state index is 0.166. The summed E-state index contributed by atoms with van der Waals surface area (Å²) in [7, 11) is 0. The first-order valence-corrected chi connectivity index (χ1v) is 7.64. The van der Waals surface area contributed by atoms with Crippen LogP contribution < -0.4 is 5.32 Å². The Balaban J connectivity index is 1.78. The van der Waals surface area contributed by atoms with Gasteiger partial charge in [-0.15, -0.1) is 0 Å². The molecule has 1 N–H and O–H groups in total. The molecule has 0 radical (unpaired) electrons. The Bertz CT molecular complexity index is 436. The topological polar surface area (TPSA) is 12.0 Å². The van der Waals surface area contributed by atoms with Crippen LogP contribution in [0.4, 0.5) is 4.39 Å². The lowest BCUT2D eigenvalue weighted by molar-refractivity contribution is 0.0811. The highest BCUT2D eigenvalue weighted by Gasteiger charge is 2.44. The van der Waals surface area contributed by atoms with Crippen molar-refractivity contribution < 1.29 is 4.39 Å². The summed E-state index contributed by atoms with van der Waals surface area (Å²) in [5.41, 5.74) is 1.70. The molecule has 0 spiro atoms. The summed E-state index contributed by atoms with van der Waals surface area (Å²) < 4.78 is 13.9. The highest BCUT2D eigenvalue weighted by atomic mass is 79.9. The minimum Gasteiger partial charge on any atom is -0.315 e. The first-order chi connectivity index (χ1) is 8.70. The van der Waals surface area contributed by atoms with E-state index in [4.69, 9.17) is 0 Å². The first kappa shape index (κ1) is 12.6. The molecule has 1 aliphatic carbocycles. The lowest BCUT2D eigenvalue weighted by Gasteiger charge is -2.48. The van der Waals surface area contributed by atoms with E-state index >= 15 is 0 Å². The SMILES string of the molecule is Fc1ccc(CC2(C3CCCC3)CNC2)cc1Br. The van der Waals surface area contributed by atoms with Gasteiger partial charge in [0.1, 0.15) is 5.82 Å². The maximum atomic E-state index is 13.3. The number of hydrogen-bond acceptors (Lipinski definition) is 1. The van der Waals surface area contributed by atoms with Gasteiger partial charge in [0, 0.05) is 18.5 Å². The molecule has 18 heavy (non-hydrogen) atoms. The third kappa shape index (κ3) is 2.23. The van der Waals surface area contributed by atoms with Crippen LogP contribution in [0.25, 0.3) is 0 Å². The van der Waals surface area contributed by atoms with E-state index in [-0.39, 0.29) is 5.82 Å². The van der Waals surface area contributed by atoms with Crippen LogP contribution in [0.5, 0.6) is 0 Å². The van der Waals surface area contributed by atoms with E-state index in [0.717, 1.165) is 25.4 Å². The van der Waals surface area contributed by atoms with Gasteiger partial charge in [0.15, 0.2) is 0 Å². The number of rotatable bonds is 3. The standard InChI is InChI=1S/C15H19BrFN/c16-13-7-11(5-6-14(13)17)8-15(9-18-10-15)12-3-1-2-4-12/h5-7,12,18H,1-4,8-10H2. The Morgan fingerprint density at radius 2 is 2.00 bits per heavy atom. The maximum Gasteiger partial charge on any atom is 0.137 e. The fourth-order valence-electron chi connectivity index (χ4n) is 3.60. The molecule has 1 aromatic rings. The number of nitrogens with one attached hydrogen (secondary N) is 1. The summed E-state index contributed by atoms with van der Waals surface area (Å²) in [6, 6.07) is 5.47. The monoisotopic (exact) mass is 311 g/mol. The van der Waals surface area contributed by atoms with Gasteiger partial charge >= 0.3 is 0 Å². The van der Waals surface area contributed by atoms with Crippen LogP contribution in [-0.4, -0.2) is 13.1 Å². The van der Waals surface area contributed by atoms with Crippen molar-refractivity contribution in [3.63, 3.8) is 0 Å². The molecule has 1 heterocycles. The summed E-state index contributed by atoms with van der Waals surface area (Å²) in [5, 5.41) is 3.44. The molecule has 0 amide bonds. The van der Waals surface area contributed by atoms with Crippen LogP contribution in [-0.2, 0) is 6.42 Å². The summed E-state index contributed by atoms with van der Waals surface area (Å²) in [6.07, 6.45) is 6.62. The largest absolute Gasteiger partial charge is 0.315 e. The molecule has 0 bridgehead atoms. The smallest absolute Gasteiger partial charge is 0.137 e. The van der Waals surface area contributed by atoms with Crippen LogP contribution in [0.3, 0.4) is 0 Å². The first-order valence-electron chi connectivity index (χ1n) is 6.84. The maximum absolute atomic E-state index is 13.3. The van der Waals surface area contributed by atoms with E-state index in [9.17, 15) is 4.39 Å². The van der Waals surface area contributed by atoms with Gasteiger partial charge in [0.25, 0.3) is 0 Å². The van der Waals surface area contributed by atoms with E-state index in [0.29, 0.717) is 9.89 Å². The molecule has 1 aromatic carbocycles. The van der Waals surface area contributed by atoms with Gasteiger partial charge in [-0.25, -0.2) is 4.39 Å². The van der Waals surface area contributed by atoms with Gasteiger partial charge < -0.3 is 5.32 Å². The van der Waals surface area contributed by atoms with Gasteiger partial charge in [-0.05, 0) is 58.8 Å². The molecule has 3 heteroatoms. The van der Waals surface area contributed by atoms with Crippen molar-refractivity contribution >= 4 is 15.9 Å². The van der Waals surface area contributed by atoms with E-state index in [1.54, 1.807) is 6.07 Å². The van der Waals surface area contributed by atoms with Crippen LogP contribution in [0.1, 0.15) is 31.2 Å². The Kier molecular flexibility index (Phi) is 3.46. The van der Waals surface area contributed by atoms with Gasteiger partial charge in [0.05, 0.1) is 4.47 Å². The molecular formula is C15H19BrFN. The second-order valence-corrected chi connectivity index (χ2v) is 6.73. The van der Waals surface area contributed by atoms with Crippen LogP contribution in [0.15, 0.2) is 22.7 Å². The average Bonchev–Trinajstić information content (AvgIpc) is 2.82. The Hall–Kier alpha value is -0.410. The van der Waals surface area contributed by atoms with Gasteiger partial charge in [-0.1, -0.05) is 18.9 Å².